The molecular weight excluding hydrogens is 332 g/mol. The van der Waals surface area contributed by atoms with Crippen LogP contribution in [0.4, 0.5) is 0 Å². The maximum Gasteiger partial charge on any atom is 0.273 e. The van der Waals surface area contributed by atoms with E-state index in [1.54, 1.807) is 0 Å². The van der Waals surface area contributed by atoms with E-state index in [2.05, 4.69) is 36.3 Å². The third-order valence-corrected chi connectivity index (χ3v) is 5.91. The van der Waals surface area contributed by atoms with Crippen LogP contribution in [0.2, 0.25) is 0 Å². The number of fused-ring (bicyclic) bond motifs is 1. The Morgan fingerprint density at radius 2 is 2.10 bits per heavy atom. The van der Waals surface area contributed by atoms with Crippen LogP contribution in [-0.4, -0.2) is 46.2 Å². The summed E-state index contributed by atoms with van der Waals surface area (Å²) in [4.78, 5) is 15.0. The first-order valence-electron chi connectivity index (χ1n) is 8.02. The average Bonchev–Trinajstić information content (AvgIpc) is 3.15. The van der Waals surface area contributed by atoms with E-state index in [0.29, 0.717) is 17.7 Å². The normalized spacial score (nSPS) is 29.4. The number of nitrogens with one attached hydrogen (secondary N) is 2. The average molecular weight is 353 g/mol. The predicted molar refractivity (Wildman–Crippen MR) is 83.3 cm³/mol. The lowest BCUT2D eigenvalue weighted by molar-refractivity contribution is 0.0909. The number of hydrogen-bond acceptors (Lipinski definition) is 3. The monoisotopic (exact) mass is 352 g/mol. The molecule has 1 aromatic heterocycles. The van der Waals surface area contributed by atoms with Crippen LogP contribution in [0, 0.1) is 0 Å². The highest BCUT2D eigenvalue weighted by Gasteiger charge is 2.37. The van der Waals surface area contributed by atoms with E-state index < -0.39 is 0 Å². The number of amides is 1. The minimum atomic E-state index is -0.0394. The number of carbonyl (C=O) groups is 1. The molecule has 3 aliphatic rings. The van der Waals surface area contributed by atoms with Crippen LogP contribution < -0.4 is 5.32 Å². The Kier molecular flexibility index (Phi) is 3.53. The fourth-order valence-corrected chi connectivity index (χ4v) is 4.47. The number of hydrogen-bond donors (Lipinski definition) is 2. The SMILES string of the molecule is O=C(NC1CCN2CCCCC12)c1n[nH]c(C2CC2)c1Br. The summed E-state index contributed by atoms with van der Waals surface area (Å²) in [6, 6.07) is 0.814. The molecule has 0 bridgehead atoms. The van der Waals surface area contributed by atoms with Crippen molar-refractivity contribution in [3.05, 3.63) is 15.9 Å². The van der Waals surface area contributed by atoms with Crippen LogP contribution >= 0.6 is 15.9 Å². The van der Waals surface area contributed by atoms with Crippen molar-refractivity contribution in [1.29, 1.82) is 0 Å². The highest BCUT2D eigenvalue weighted by atomic mass is 79.9. The first kappa shape index (κ1) is 13.8. The predicted octanol–water partition coefficient (Wildman–Crippen LogP) is 2.41. The molecule has 2 unspecified atom stereocenters. The van der Waals surface area contributed by atoms with E-state index in [1.165, 1.54) is 38.6 Å². The van der Waals surface area contributed by atoms with Crippen LogP contribution in [0.15, 0.2) is 4.47 Å². The first-order valence-corrected chi connectivity index (χ1v) is 8.82. The lowest BCUT2D eigenvalue weighted by Crippen LogP contribution is -2.46. The zero-order valence-corrected chi connectivity index (χ0v) is 13.7. The summed E-state index contributed by atoms with van der Waals surface area (Å²) in [5.74, 6) is 0.524. The molecule has 3 heterocycles. The molecule has 0 radical (unpaired) electrons. The van der Waals surface area contributed by atoms with Gasteiger partial charge in [0.25, 0.3) is 5.91 Å². The zero-order chi connectivity index (χ0) is 14.4. The molecule has 4 rings (SSSR count). The van der Waals surface area contributed by atoms with Gasteiger partial charge in [-0.15, -0.1) is 0 Å². The lowest BCUT2D eigenvalue weighted by atomic mass is 9.99. The summed E-state index contributed by atoms with van der Waals surface area (Å²) in [5, 5.41) is 10.5. The Bertz CT molecular complexity index is 554. The van der Waals surface area contributed by atoms with Crippen molar-refractivity contribution < 1.29 is 4.79 Å². The molecule has 0 aromatic carbocycles. The van der Waals surface area contributed by atoms with Crippen molar-refractivity contribution in [2.45, 2.75) is 56.5 Å². The molecule has 1 aromatic rings. The van der Waals surface area contributed by atoms with Gasteiger partial charge in [-0.25, -0.2) is 0 Å². The van der Waals surface area contributed by atoms with Gasteiger partial charge < -0.3 is 5.32 Å². The lowest BCUT2D eigenvalue weighted by Gasteiger charge is -2.32. The standard InChI is InChI=1S/C15H21BrN4O/c16-12-13(9-4-5-9)18-19-14(12)15(21)17-10-6-8-20-7-2-1-3-11(10)20/h9-11H,1-8H2,(H,17,21)(H,18,19). The number of halogens is 1. The molecule has 1 saturated carbocycles. The maximum atomic E-state index is 12.5. The van der Waals surface area contributed by atoms with Crippen molar-refractivity contribution in [3.8, 4) is 0 Å². The Morgan fingerprint density at radius 3 is 2.90 bits per heavy atom. The van der Waals surface area contributed by atoms with Crippen LogP contribution in [-0.2, 0) is 0 Å². The molecule has 2 saturated heterocycles. The van der Waals surface area contributed by atoms with Crippen molar-refractivity contribution >= 4 is 21.8 Å². The second-order valence-electron chi connectivity index (χ2n) is 6.54. The van der Waals surface area contributed by atoms with Gasteiger partial charge in [-0.05, 0) is 54.6 Å². The molecule has 114 valence electrons. The number of aromatic amines is 1. The minimum absolute atomic E-state index is 0.0394. The molecule has 2 N–H and O–H groups in total. The number of H-pyrrole nitrogens is 1. The quantitative estimate of drug-likeness (QED) is 0.877. The molecule has 1 amide bonds. The van der Waals surface area contributed by atoms with E-state index in [1.807, 2.05) is 0 Å². The fraction of sp³-hybridized carbons (Fsp3) is 0.733. The maximum absolute atomic E-state index is 12.5. The highest BCUT2D eigenvalue weighted by molar-refractivity contribution is 9.10. The third kappa shape index (κ3) is 2.52. The van der Waals surface area contributed by atoms with Crippen molar-refractivity contribution in [2.24, 2.45) is 0 Å². The van der Waals surface area contributed by atoms with E-state index >= 15 is 0 Å². The largest absolute Gasteiger partial charge is 0.346 e. The Labute approximate surface area is 133 Å². The van der Waals surface area contributed by atoms with Gasteiger partial charge in [-0.3, -0.25) is 14.8 Å². The van der Waals surface area contributed by atoms with Gasteiger partial charge in [-0.2, -0.15) is 5.10 Å². The summed E-state index contributed by atoms with van der Waals surface area (Å²) < 4.78 is 0.862. The van der Waals surface area contributed by atoms with Crippen LogP contribution in [0.1, 0.15) is 60.6 Å². The molecule has 2 aliphatic heterocycles. The summed E-state index contributed by atoms with van der Waals surface area (Å²) in [5.41, 5.74) is 1.61. The highest BCUT2D eigenvalue weighted by Crippen LogP contribution is 2.42. The third-order valence-electron chi connectivity index (χ3n) is 5.11. The minimum Gasteiger partial charge on any atom is -0.346 e. The fourth-order valence-electron chi connectivity index (χ4n) is 3.79. The summed E-state index contributed by atoms with van der Waals surface area (Å²) in [6.45, 7) is 2.31. The van der Waals surface area contributed by atoms with Gasteiger partial charge in [0.1, 0.15) is 0 Å². The van der Waals surface area contributed by atoms with Crippen LogP contribution in [0.3, 0.4) is 0 Å². The molecular formula is C15H21BrN4O. The topological polar surface area (TPSA) is 61.0 Å². The van der Waals surface area contributed by atoms with Gasteiger partial charge in [0.15, 0.2) is 5.69 Å². The van der Waals surface area contributed by atoms with Crippen molar-refractivity contribution in [3.63, 3.8) is 0 Å². The molecule has 21 heavy (non-hydrogen) atoms. The molecule has 5 nitrogen and oxygen atoms in total. The zero-order valence-electron chi connectivity index (χ0n) is 12.1. The molecule has 0 spiro atoms. The number of nitrogens with zero attached hydrogens (tertiary/aromatic N) is 2. The summed E-state index contributed by atoms with van der Waals surface area (Å²) in [6.07, 6.45) is 7.25. The van der Waals surface area contributed by atoms with Gasteiger partial charge in [-0.1, -0.05) is 6.42 Å². The van der Waals surface area contributed by atoms with E-state index in [4.69, 9.17) is 0 Å². The number of carbonyl (C=O) groups excluding carboxylic acids is 1. The van der Waals surface area contributed by atoms with Gasteiger partial charge in [0.05, 0.1) is 10.2 Å². The Morgan fingerprint density at radius 1 is 1.24 bits per heavy atom. The second kappa shape index (κ2) is 5.39. The van der Waals surface area contributed by atoms with Gasteiger partial charge >= 0.3 is 0 Å². The van der Waals surface area contributed by atoms with Crippen molar-refractivity contribution in [2.75, 3.05) is 13.1 Å². The smallest absolute Gasteiger partial charge is 0.273 e. The summed E-state index contributed by atoms with van der Waals surface area (Å²) >= 11 is 3.55. The Hall–Kier alpha value is -0.880. The van der Waals surface area contributed by atoms with Crippen molar-refractivity contribution in [1.82, 2.24) is 20.4 Å². The van der Waals surface area contributed by atoms with E-state index in [-0.39, 0.29) is 11.9 Å². The second-order valence-corrected chi connectivity index (χ2v) is 7.33. The van der Waals surface area contributed by atoms with E-state index in [0.717, 1.165) is 23.1 Å². The van der Waals surface area contributed by atoms with Crippen LogP contribution in [0.5, 0.6) is 0 Å². The molecule has 6 heteroatoms. The molecule has 1 aliphatic carbocycles. The summed E-state index contributed by atoms with van der Waals surface area (Å²) in [7, 11) is 0. The van der Waals surface area contributed by atoms with E-state index in [9.17, 15) is 4.79 Å². The molecule has 3 fully saturated rings. The number of piperidine rings is 1. The number of rotatable bonds is 3. The van der Waals surface area contributed by atoms with Crippen LogP contribution in [0.25, 0.3) is 0 Å². The Balaban J connectivity index is 1.46. The van der Waals surface area contributed by atoms with Gasteiger partial charge in [0.2, 0.25) is 0 Å². The first-order chi connectivity index (χ1) is 10.2. The van der Waals surface area contributed by atoms with Gasteiger partial charge in [0, 0.05) is 24.5 Å². The molecule has 2 atom stereocenters. The number of aromatic nitrogens is 2.